The van der Waals surface area contributed by atoms with E-state index in [1.807, 2.05) is 0 Å². The average molecular weight is 295 g/mol. The SMILES string of the molecule is C/C=C/[C@@H](c1c(C)cccc1C)[Si](C)(C)c1ccccc1. The number of hydrogen-bond donors (Lipinski definition) is 0. The van der Waals surface area contributed by atoms with Gasteiger partial charge in [0.2, 0.25) is 0 Å². The van der Waals surface area contributed by atoms with Crippen molar-refractivity contribution in [3.05, 3.63) is 77.4 Å². The summed E-state index contributed by atoms with van der Waals surface area (Å²) >= 11 is 0. The number of rotatable bonds is 4. The van der Waals surface area contributed by atoms with E-state index in [1.165, 1.54) is 21.9 Å². The van der Waals surface area contributed by atoms with Crippen LogP contribution >= 0.6 is 0 Å². The van der Waals surface area contributed by atoms with Crippen molar-refractivity contribution in [1.29, 1.82) is 0 Å². The summed E-state index contributed by atoms with van der Waals surface area (Å²) in [7, 11) is -1.62. The lowest BCUT2D eigenvalue weighted by molar-refractivity contribution is 1.08. The molecule has 0 saturated carbocycles. The van der Waals surface area contributed by atoms with Gasteiger partial charge in [-0.05, 0) is 37.5 Å². The third-order valence-corrected chi connectivity index (χ3v) is 8.39. The van der Waals surface area contributed by atoms with Crippen LogP contribution in [0.15, 0.2) is 60.7 Å². The molecule has 0 spiro atoms. The van der Waals surface area contributed by atoms with Crippen molar-refractivity contribution in [2.24, 2.45) is 0 Å². The van der Waals surface area contributed by atoms with Crippen LogP contribution in [0.1, 0.15) is 29.2 Å². The second-order valence-electron chi connectivity index (χ2n) is 6.40. The zero-order valence-electron chi connectivity index (χ0n) is 13.9. The first-order chi connectivity index (χ1) is 9.98. The predicted octanol–water partition coefficient (Wildman–Crippen LogP) is 5.12. The number of hydrogen-bond acceptors (Lipinski definition) is 0. The molecular formula is C20H26Si. The van der Waals surface area contributed by atoms with Crippen LogP contribution in [0.2, 0.25) is 13.1 Å². The molecule has 0 heterocycles. The van der Waals surface area contributed by atoms with Gasteiger partial charge in [0.05, 0.1) is 8.07 Å². The Balaban J connectivity index is 2.59. The topological polar surface area (TPSA) is 0 Å². The highest BCUT2D eigenvalue weighted by atomic mass is 28.3. The normalized spacial score (nSPS) is 13.6. The highest BCUT2D eigenvalue weighted by Gasteiger charge is 2.34. The van der Waals surface area contributed by atoms with Crippen molar-refractivity contribution in [2.75, 3.05) is 0 Å². The van der Waals surface area contributed by atoms with Gasteiger partial charge in [-0.15, -0.1) is 0 Å². The van der Waals surface area contributed by atoms with Crippen LogP contribution < -0.4 is 5.19 Å². The van der Waals surface area contributed by atoms with E-state index in [0.29, 0.717) is 5.54 Å². The minimum absolute atomic E-state index is 0.520. The summed E-state index contributed by atoms with van der Waals surface area (Å²) in [6.45, 7) is 11.6. The van der Waals surface area contributed by atoms with Gasteiger partial charge < -0.3 is 0 Å². The van der Waals surface area contributed by atoms with Gasteiger partial charge in [-0.3, -0.25) is 0 Å². The molecule has 21 heavy (non-hydrogen) atoms. The van der Waals surface area contributed by atoms with Gasteiger partial charge in [0.15, 0.2) is 0 Å². The fourth-order valence-corrected chi connectivity index (χ4v) is 6.52. The molecule has 0 amide bonds. The lowest BCUT2D eigenvalue weighted by Crippen LogP contribution is -2.47. The summed E-state index contributed by atoms with van der Waals surface area (Å²) in [6, 6.07) is 17.7. The molecule has 0 unspecified atom stereocenters. The van der Waals surface area contributed by atoms with Crippen LogP contribution in [0.4, 0.5) is 0 Å². The summed E-state index contributed by atoms with van der Waals surface area (Å²) < 4.78 is 0. The summed E-state index contributed by atoms with van der Waals surface area (Å²) in [4.78, 5) is 0. The van der Waals surface area contributed by atoms with Gasteiger partial charge in [-0.2, -0.15) is 0 Å². The molecule has 0 aliphatic heterocycles. The van der Waals surface area contributed by atoms with E-state index < -0.39 is 8.07 Å². The predicted molar refractivity (Wildman–Crippen MR) is 97.0 cm³/mol. The lowest BCUT2D eigenvalue weighted by Gasteiger charge is -2.33. The molecule has 1 heteroatoms. The Bertz CT molecular complexity index is 603. The van der Waals surface area contributed by atoms with E-state index in [2.05, 4.69) is 94.5 Å². The van der Waals surface area contributed by atoms with Crippen molar-refractivity contribution < 1.29 is 0 Å². The first kappa shape index (κ1) is 15.8. The van der Waals surface area contributed by atoms with Gasteiger partial charge in [0.1, 0.15) is 0 Å². The molecule has 0 fully saturated rings. The fourth-order valence-electron chi connectivity index (χ4n) is 3.26. The Hall–Kier alpha value is -1.60. The molecule has 0 N–H and O–H groups in total. The molecule has 0 saturated heterocycles. The second-order valence-corrected chi connectivity index (χ2v) is 11.0. The quantitative estimate of drug-likeness (QED) is 0.542. The van der Waals surface area contributed by atoms with E-state index >= 15 is 0 Å². The van der Waals surface area contributed by atoms with Crippen molar-refractivity contribution in [3.8, 4) is 0 Å². The van der Waals surface area contributed by atoms with Crippen LogP contribution in [0.25, 0.3) is 0 Å². The van der Waals surface area contributed by atoms with Crippen molar-refractivity contribution in [3.63, 3.8) is 0 Å². The molecule has 110 valence electrons. The van der Waals surface area contributed by atoms with Crippen LogP contribution in [-0.4, -0.2) is 8.07 Å². The molecule has 0 nitrogen and oxygen atoms in total. The van der Waals surface area contributed by atoms with Gasteiger partial charge in [0, 0.05) is 5.54 Å². The maximum Gasteiger partial charge on any atom is 0.0919 e. The van der Waals surface area contributed by atoms with E-state index in [9.17, 15) is 0 Å². The minimum atomic E-state index is -1.62. The van der Waals surface area contributed by atoms with E-state index in [4.69, 9.17) is 0 Å². The Morgan fingerprint density at radius 1 is 0.857 bits per heavy atom. The Morgan fingerprint density at radius 2 is 1.43 bits per heavy atom. The maximum absolute atomic E-state index is 2.48. The second kappa shape index (κ2) is 6.44. The Morgan fingerprint density at radius 3 is 1.95 bits per heavy atom. The third kappa shape index (κ3) is 3.19. The van der Waals surface area contributed by atoms with Crippen LogP contribution in [0.5, 0.6) is 0 Å². The van der Waals surface area contributed by atoms with Crippen molar-refractivity contribution in [1.82, 2.24) is 0 Å². The molecule has 0 aliphatic carbocycles. The molecule has 0 aliphatic rings. The molecule has 0 bridgehead atoms. The van der Waals surface area contributed by atoms with Gasteiger partial charge in [-0.25, -0.2) is 0 Å². The van der Waals surface area contributed by atoms with Gasteiger partial charge >= 0.3 is 0 Å². The zero-order valence-corrected chi connectivity index (χ0v) is 14.9. The Kier molecular flexibility index (Phi) is 4.84. The van der Waals surface area contributed by atoms with Crippen molar-refractivity contribution in [2.45, 2.75) is 39.4 Å². The summed E-state index contributed by atoms with van der Waals surface area (Å²) in [5.41, 5.74) is 4.87. The molecular weight excluding hydrogens is 268 g/mol. The van der Waals surface area contributed by atoms with Crippen LogP contribution in [-0.2, 0) is 0 Å². The number of allylic oxidation sites excluding steroid dienone is 2. The van der Waals surface area contributed by atoms with Crippen molar-refractivity contribution >= 4 is 13.3 Å². The summed E-state index contributed by atoms with van der Waals surface area (Å²) in [5.74, 6) is 0. The van der Waals surface area contributed by atoms with E-state index in [1.54, 1.807) is 0 Å². The maximum atomic E-state index is 2.48. The summed E-state index contributed by atoms with van der Waals surface area (Å²) in [5, 5.41) is 1.52. The first-order valence-corrected chi connectivity index (χ1v) is 10.8. The number of benzene rings is 2. The first-order valence-electron chi connectivity index (χ1n) is 7.73. The third-order valence-electron chi connectivity index (χ3n) is 4.53. The number of aryl methyl sites for hydroxylation is 2. The largest absolute Gasteiger partial charge is 0.0919 e. The standard InChI is InChI=1S/C20H26Si/c1-6-11-19(20-16(2)12-10-13-17(20)3)21(4,5)18-14-8-7-9-15-18/h6-15,19H,1-5H3/b11-6+/t19-/m0/s1. The van der Waals surface area contributed by atoms with E-state index in [0.717, 1.165) is 0 Å². The smallest absolute Gasteiger partial charge is 0.0913 e. The average Bonchev–Trinajstić information content (AvgIpc) is 2.47. The van der Waals surface area contributed by atoms with E-state index in [-0.39, 0.29) is 0 Å². The lowest BCUT2D eigenvalue weighted by atomic mass is 9.99. The summed E-state index contributed by atoms with van der Waals surface area (Å²) in [6.07, 6.45) is 4.63. The highest BCUT2D eigenvalue weighted by molar-refractivity contribution is 6.91. The minimum Gasteiger partial charge on any atom is -0.0913 e. The molecule has 2 aromatic rings. The van der Waals surface area contributed by atoms with Crippen LogP contribution in [0, 0.1) is 13.8 Å². The fraction of sp³-hybridized carbons (Fsp3) is 0.300. The molecule has 0 aromatic heterocycles. The van der Waals surface area contributed by atoms with Gasteiger partial charge in [0.25, 0.3) is 0 Å². The molecule has 2 aromatic carbocycles. The van der Waals surface area contributed by atoms with Gasteiger partial charge in [-0.1, -0.05) is 79.0 Å². The molecule has 2 rings (SSSR count). The monoisotopic (exact) mass is 294 g/mol. The molecule has 1 atom stereocenters. The zero-order chi connectivity index (χ0) is 15.5. The Labute approximate surface area is 130 Å². The molecule has 0 radical (unpaired) electrons. The highest BCUT2D eigenvalue weighted by Crippen LogP contribution is 2.33. The van der Waals surface area contributed by atoms with Crippen LogP contribution in [0.3, 0.4) is 0 Å².